The summed E-state index contributed by atoms with van der Waals surface area (Å²) in [6, 6.07) is 17.9. The van der Waals surface area contributed by atoms with Crippen molar-refractivity contribution in [3.8, 4) is 0 Å². The van der Waals surface area contributed by atoms with Gasteiger partial charge in [-0.3, -0.25) is 4.98 Å². The van der Waals surface area contributed by atoms with Crippen LogP contribution in [0.4, 0.5) is 0 Å². The molecule has 0 fully saturated rings. The molecule has 4 rings (SSSR count). The van der Waals surface area contributed by atoms with Gasteiger partial charge in [-0.1, -0.05) is 23.6 Å². The van der Waals surface area contributed by atoms with Crippen molar-refractivity contribution in [2.75, 3.05) is 0 Å². The average molecular weight is 423 g/mol. The molecule has 0 spiro atoms. The fourth-order valence-corrected chi connectivity index (χ4v) is 2.62. The fraction of sp³-hybridized carbons (Fsp3) is 0.0625. The zero-order valence-corrected chi connectivity index (χ0v) is 12.7. The summed E-state index contributed by atoms with van der Waals surface area (Å²) < 4.78 is 2.16. The van der Waals surface area contributed by atoms with Gasteiger partial charge in [0.15, 0.2) is 0 Å². The van der Waals surface area contributed by atoms with E-state index < -0.39 is 0 Å². The topological polar surface area (TPSA) is 17.3 Å². The fourth-order valence-electron chi connectivity index (χ4n) is 2.62. The molecule has 0 saturated carbocycles. The molecule has 2 aromatic heterocycles. The van der Waals surface area contributed by atoms with Crippen LogP contribution in [0.15, 0.2) is 48.7 Å². The smallest absolute Gasteiger partial charge is 0.0611 e. The van der Waals surface area contributed by atoms with Crippen molar-refractivity contribution in [1.82, 2.24) is 9.38 Å². The predicted octanol–water partition coefficient (Wildman–Crippen LogP) is 3.75. The van der Waals surface area contributed by atoms with Gasteiger partial charge in [-0.2, -0.15) is 0 Å². The van der Waals surface area contributed by atoms with E-state index in [4.69, 9.17) is 0 Å². The van der Waals surface area contributed by atoms with E-state index >= 15 is 0 Å². The van der Waals surface area contributed by atoms with E-state index in [9.17, 15) is 0 Å². The maximum absolute atomic E-state index is 4.62. The zero-order chi connectivity index (χ0) is 12.1. The van der Waals surface area contributed by atoms with Crippen LogP contribution < -0.4 is 0 Å². The van der Waals surface area contributed by atoms with Crippen molar-refractivity contribution < 1.29 is 20.1 Å². The molecule has 0 amide bonds. The average Bonchev–Trinajstić information content (AvgIpc) is 2.81. The first-order chi connectivity index (χ1) is 8.84. The van der Waals surface area contributed by atoms with Crippen LogP contribution >= 0.6 is 0 Å². The Morgan fingerprint density at radius 2 is 1.84 bits per heavy atom. The molecular formula is C16H11IrN2-. The summed E-state index contributed by atoms with van der Waals surface area (Å²) in [5.41, 5.74) is 3.21. The van der Waals surface area contributed by atoms with Crippen LogP contribution in [0.25, 0.3) is 27.3 Å². The number of hydrogen-bond acceptors (Lipinski definition) is 1. The summed E-state index contributed by atoms with van der Waals surface area (Å²) in [7, 11) is 0. The Morgan fingerprint density at radius 3 is 2.74 bits per heavy atom. The molecule has 4 aromatic rings. The number of hydrogen-bond donors (Lipinski definition) is 0. The third-order valence-electron chi connectivity index (χ3n) is 3.36. The summed E-state index contributed by atoms with van der Waals surface area (Å²) in [6.07, 6.45) is 2.08. The van der Waals surface area contributed by atoms with Crippen molar-refractivity contribution in [3.63, 3.8) is 0 Å². The number of para-hydroxylation sites is 1. The van der Waals surface area contributed by atoms with Crippen molar-refractivity contribution in [3.05, 3.63) is 60.4 Å². The second-order valence-electron chi connectivity index (χ2n) is 4.55. The molecule has 19 heavy (non-hydrogen) atoms. The van der Waals surface area contributed by atoms with E-state index in [2.05, 4.69) is 52.0 Å². The Hall–Kier alpha value is -1.70. The third kappa shape index (κ3) is 1.70. The normalized spacial score (nSPS) is 11.0. The molecule has 0 bridgehead atoms. The van der Waals surface area contributed by atoms with E-state index in [1.54, 1.807) is 0 Å². The minimum absolute atomic E-state index is 0. The maximum atomic E-state index is 4.62. The second kappa shape index (κ2) is 4.44. The molecule has 2 aromatic carbocycles. The molecule has 0 N–H and O–H groups in total. The van der Waals surface area contributed by atoms with Crippen molar-refractivity contribution in [1.29, 1.82) is 0 Å². The van der Waals surface area contributed by atoms with Crippen LogP contribution in [0.5, 0.6) is 0 Å². The van der Waals surface area contributed by atoms with Crippen molar-refractivity contribution >= 4 is 27.3 Å². The Labute approximate surface area is 124 Å². The van der Waals surface area contributed by atoms with Crippen LogP contribution in [0.3, 0.4) is 0 Å². The van der Waals surface area contributed by atoms with Gasteiger partial charge < -0.3 is 4.40 Å². The molecule has 2 nitrogen and oxygen atoms in total. The van der Waals surface area contributed by atoms with E-state index in [0.29, 0.717) is 0 Å². The van der Waals surface area contributed by atoms with E-state index in [-0.39, 0.29) is 20.1 Å². The maximum Gasteiger partial charge on any atom is 0.0611 e. The van der Waals surface area contributed by atoms with Crippen LogP contribution in [0.2, 0.25) is 0 Å². The Bertz CT molecular complexity index is 820. The van der Waals surface area contributed by atoms with Gasteiger partial charge in [0, 0.05) is 37.5 Å². The molecule has 0 unspecified atom stereocenters. The molecule has 0 atom stereocenters. The summed E-state index contributed by atoms with van der Waals surface area (Å²) in [5.74, 6) is 0. The van der Waals surface area contributed by atoms with Crippen molar-refractivity contribution in [2.45, 2.75) is 6.92 Å². The van der Waals surface area contributed by atoms with E-state index in [0.717, 1.165) is 16.7 Å². The number of pyridine rings is 1. The van der Waals surface area contributed by atoms with Gasteiger partial charge in [0.2, 0.25) is 0 Å². The molecule has 3 heteroatoms. The van der Waals surface area contributed by atoms with Gasteiger partial charge in [0.1, 0.15) is 0 Å². The van der Waals surface area contributed by atoms with Gasteiger partial charge in [-0.25, -0.2) is 0 Å². The van der Waals surface area contributed by atoms with Crippen LogP contribution in [-0.4, -0.2) is 9.38 Å². The number of fused-ring (bicyclic) bond motifs is 6. The Kier molecular flexibility index (Phi) is 2.89. The molecule has 1 radical (unpaired) electrons. The zero-order valence-electron chi connectivity index (χ0n) is 10.3. The van der Waals surface area contributed by atoms with Gasteiger partial charge >= 0.3 is 0 Å². The first kappa shape index (κ1) is 12.3. The largest absolute Gasteiger partial charge is 0.340 e. The Morgan fingerprint density at radius 1 is 1.05 bits per heavy atom. The number of nitrogens with zero attached hydrogens (tertiary/aromatic N) is 2. The summed E-state index contributed by atoms with van der Waals surface area (Å²) >= 11 is 0. The predicted molar refractivity (Wildman–Crippen MR) is 73.8 cm³/mol. The number of aryl methyl sites for hydroxylation is 1. The standard InChI is InChI=1S/C16H11N2.Ir/c1-11-10-18-15-9-5-4-7-13(15)12-6-2-3-8-14(12)16(18)17-11;/h2-7,9-10H,1H3;/q-1;. The third-order valence-corrected chi connectivity index (χ3v) is 3.36. The van der Waals surface area contributed by atoms with E-state index in [1.807, 2.05) is 19.1 Å². The van der Waals surface area contributed by atoms with Gasteiger partial charge in [0.25, 0.3) is 0 Å². The molecule has 0 aliphatic carbocycles. The van der Waals surface area contributed by atoms with Crippen LogP contribution in [-0.2, 0) is 20.1 Å². The van der Waals surface area contributed by atoms with Crippen LogP contribution in [0.1, 0.15) is 5.69 Å². The monoisotopic (exact) mass is 424 g/mol. The number of benzene rings is 2. The van der Waals surface area contributed by atoms with Gasteiger partial charge in [-0.05, 0) is 18.4 Å². The number of imidazole rings is 1. The minimum atomic E-state index is 0. The minimum Gasteiger partial charge on any atom is -0.340 e. The van der Waals surface area contributed by atoms with Crippen LogP contribution in [0, 0.1) is 13.0 Å². The Balaban J connectivity index is 0.00000110. The molecule has 0 aliphatic heterocycles. The van der Waals surface area contributed by atoms with Crippen molar-refractivity contribution in [2.24, 2.45) is 0 Å². The molecular weight excluding hydrogens is 412 g/mol. The molecule has 0 saturated heterocycles. The van der Waals surface area contributed by atoms with E-state index in [1.165, 1.54) is 16.3 Å². The SMILES string of the molecule is Cc1cn2c3ccccc3c3ccc[c-]c3c2n1.[Ir]. The summed E-state index contributed by atoms with van der Waals surface area (Å²) in [4.78, 5) is 4.62. The first-order valence-corrected chi connectivity index (χ1v) is 6.01. The molecule has 95 valence electrons. The summed E-state index contributed by atoms with van der Waals surface area (Å²) in [6.45, 7) is 2.02. The quantitative estimate of drug-likeness (QED) is 0.311. The number of rotatable bonds is 0. The van der Waals surface area contributed by atoms with Gasteiger partial charge in [-0.15, -0.1) is 29.7 Å². The first-order valence-electron chi connectivity index (χ1n) is 6.01. The van der Waals surface area contributed by atoms with Gasteiger partial charge in [0.05, 0.1) is 5.65 Å². The second-order valence-corrected chi connectivity index (χ2v) is 4.55. The number of aromatic nitrogens is 2. The molecule has 0 aliphatic rings. The summed E-state index contributed by atoms with van der Waals surface area (Å²) in [5, 5.41) is 3.55. The molecule has 2 heterocycles.